The van der Waals surface area contributed by atoms with E-state index in [4.69, 9.17) is 50.5 Å². The lowest BCUT2D eigenvalue weighted by Gasteiger charge is -2.19. The minimum Gasteiger partial charge on any atom is -0.493 e. The lowest BCUT2D eigenvalue weighted by molar-refractivity contribution is 0.297. The van der Waals surface area contributed by atoms with E-state index in [0.717, 1.165) is 91.6 Å². The summed E-state index contributed by atoms with van der Waals surface area (Å²) in [6.45, 7) is -3.01. The van der Waals surface area contributed by atoms with Crippen LogP contribution in [0.3, 0.4) is 0 Å². The Balaban J connectivity index is 0.000000183. The Labute approximate surface area is 875 Å². The maximum atomic E-state index is 13.4. The first-order valence-electron chi connectivity index (χ1n) is 59.5. The topological polar surface area (TPSA) is 489 Å². The van der Waals surface area contributed by atoms with Crippen LogP contribution in [0, 0.1) is 0 Å². The van der Waals surface area contributed by atoms with Gasteiger partial charge >= 0.3 is 0 Å². The van der Waals surface area contributed by atoms with E-state index in [1.807, 2.05) is 65.7 Å². The smallest absolute Gasteiger partial charge is 0.277 e. The van der Waals surface area contributed by atoms with Crippen LogP contribution in [0.25, 0.3) is 89.7 Å². The molecule has 4 saturated heterocycles. The normalized spacial score (nSPS) is 20.2. The van der Waals surface area contributed by atoms with Crippen molar-refractivity contribution in [3.05, 3.63) is 137 Å². The van der Waals surface area contributed by atoms with Crippen LogP contribution in [-0.2, 0) is 93.8 Å². The molecule has 12 aromatic rings. The zero-order chi connectivity index (χ0) is 123. The number of sulfonamides is 4. The molecule has 4 aliphatic rings. The Kier molecular flexibility index (Phi) is 28.4. The SMILES string of the molecule is [2H]C(CC1CCCN1C)NS(=O)(=O)c1ccc(OCCC)c(-c2nc3c(C([2H])([2H])CC([2H])([2H])[2H])nn(C)c3c(=O)[nH]2)c1.[2H]C([2H])([2H])CC([2H])([2H])c1nn(C)c2c(=O)[nH]c(-c3cc(S(=O)(=O)NC([2H])([2H])CC4CCCN4C)ccc3OCCC)nc12.[2H]C([2H])([2H])CC([2H])([2H])c1nn(C)c2c(=O)[nH]c(-c3cc(S(=O)(=O)NCCC4CCCN4C)ccc3OCCC)nc12.[2H]C([2H])([2H])CCc1nn(C)c2c(=O)[nH]c(-c3cc(S(=O)(=O)NC([2H])([2H])CC4CCCN4C)ccc3OCCC)nc12. The third kappa shape index (κ3) is 26.5. The quantitative estimate of drug-likeness (QED) is 0.0176. The molecule has 4 fully saturated rings. The summed E-state index contributed by atoms with van der Waals surface area (Å²) in [6, 6.07) is 16.4. The van der Waals surface area contributed by atoms with E-state index in [9.17, 15) is 52.8 Å². The van der Waals surface area contributed by atoms with Gasteiger partial charge in [0, 0.05) is 110 Å². The van der Waals surface area contributed by atoms with E-state index in [1.54, 1.807) is 7.05 Å². The van der Waals surface area contributed by atoms with Crippen LogP contribution in [0.2, 0.25) is 0 Å². The van der Waals surface area contributed by atoms with Crippen molar-refractivity contribution in [2.45, 2.75) is 253 Å². The van der Waals surface area contributed by atoms with Gasteiger partial charge in [-0.1, -0.05) is 80.8 Å². The van der Waals surface area contributed by atoms with Gasteiger partial charge < -0.3 is 58.5 Å². The number of aromatic nitrogens is 16. The monoisotopic (exact) mass is 2090 g/mol. The van der Waals surface area contributed by atoms with Gasteiger partial charge in [0.05, 0.1) is 91.0 Å². The van der Waals surface area contributed by atoms with Crippen molar-refractivity contribution < 1.29 is 84.1 Å². The first-order valence-corrected chi connectivity index (χ1v) is 53.8. The summed E-state index contributed by atoms with van der Waals surface area (Å²) in [7, 11) is -3.24. The first kappa shape index (κ1) is 82.1. The molecule has 0 amide bonds. The fraction of sp³-hybridized carbons (Fsp3) is 0.560. The zero-order valence-electron chi connectivity index (χ0n) is 106. The van der Waals surface area contributed by atoms with Gasteiger partial charge in [0.1, 0.15) is 68.4 Å². The molecule has 0 aliphatic carbocycles. The van der Waals surface area contributed by atoms with Crippen molar-refractivity contribution in [1.82, 2.24) is 117 Å². The highest BCUT2D eigenvalue weighted by molar-refractivity contribution is 7.90. The second-order valence-electron chi connectivity index (χ2n) is 35.3. The van der Waals surface area contributed by atoms with Gasteiger partial charge in [-0.25, -0.2) is 72.5 Å². The number of H-pyrrole nitrogens is 4. The van der Waals surface area contributed by atoms with Gasteiger partial charge in [0.15, 0.2) is 22.1 Å². The number of hydrogen-bond acceptors (Lipinski definition) is 28. The maximum absolute atomic E-state index is 13.4. The molecule has 0 radical (unpaired) electrons. The van der Waals surface area contributed by atoms with E-state index in [1.165, 1.54) is 98.6 Å². The third-order valence-electron chi connectivity index (χ3n) is 25.1. The fourth-order valence-electron chi connectivity index (χ4n) is 17.5. The molecular weight excluding hydrogens is 1920 g/mol. The number of hydrogen-bond donors (Lipinski definition) is 8. The van der Waals surface area contributed by atoms with Crippen molar-refractivity contribution in [3.63, 3.8) is 0 Å². The van der Waals surface area contributed by atoms with Crippen LogP contribution in [0.5, 0.6) is 23.0 Å². The molecule has 0 saturated carbocycles. The average Bonchev–Trinajstić information content (AvgIpc) is 1.61. The molecule has 0 spiro atoms. The highest BCUT2D eigenvalue weighted by atomic mass is 32.2. The van der Waals surface area contributed by atoms with Gasteiger partial charge in [-0.3, -0.25) is 37.9 Å². The second-order valence-corrected chi connectivity index (χ2v) is 42.2. The highest BCUT2D eigenvalue weighted by Crippen LogP contribution is 2.38. The van der Waals surface area contributed by atoms with Crippen LogP contribution in [-0.4, -0.2) is 263 Å². The predicted molar refractivity (Wildman–Crippen MR) is 559 cm³/mol. The Morgan fingerprint density at radius 3 is 0.910 bits per heavy atom. The summed E-state index contributed by atoms with van der Waals surface area (Å²) in [5.41, 5.74) is -2.97. The third-order valence-corrected chi connectivity index (χ3v) is 30.4. The molecule has 784 valence electrons. The molecule has 40 nitrogen and oxygen atoms in total. The number of ether oxygens (including phenoxy) is 4. The number of nitrogens with one attached hydrogen (secondary N) is 8. The highest BCUT2D eigenvalue weighted by Gasteiger charge is 2.32. The molecule has 5 unspecified atom stereocenters. The van der Waals surface area contributed by atoms with Gasteiger partial charge in [0.25, 0.3) is 22.2 Å². The van der Waals surface area contributed by atoms with Crippen molar-refractivity contribution in [2.75, 3.05) is 107 Å². The molecule has 4 aromatic carbocycles. The number of likely N-dealkylation sites (tertiary alicyclic amines) is 4. The van der Waals surface area contributed by atoms with E-state index >= 15 is 0 Å². The number of aryl methyl sites for hydroxylation is 8. The predicted octanol–water partition coefficient (Wildman–Crippen LogP) is 11.3. The molecule has 0 bridgehead atoms. The van der Waals surface area contributed by atoms with Gasteiger partial charge in [-0.2, -0.15) is 20.4 Å². The average molecular weight is 2090 g/mol. The Bertz CT molecular complexity index is 8300. The van der Waals surface area contributed by atoms with Crippen LogP contribution < -0.4 is 60.1 Å². The van der Waals surface area contributed by atoms with Gasteiger partial charge in [0.2, 0.25) is 40.1 Å². The van der Waals surface area contributed by atoms with E-state index in [2.05, 4.69) is 89.0 Å². The second kappa shape index (κ2) is 49.9. The number of benzene rings is 4. The molecule has 16 rings (SSSR count). The summed E-state index contributed by atoms with van der Waals surface area (Å²) in [6.07, 6.45) is 0.906. The molecule has 44 heteroatoms. The fourth-order valence-corrected chi connectivity index (χ4v) is 21.4. The van der Waals surface area contributed by atoms with E-state index < -0.39 is 148 Å². The number of nitrogens with zero attached hydrogens (tertiary/aromatic N) is 16. The lowest BCUT2D eigenvalue weighted by atomic mass is 10.1. The van der Waals surface area contributed by atoms with Crippen molar-refractivity contribution >= 4 is 84.2 Å². The summed E-state index contributed by atoms with van der Waals surface area (Å²) < 4.78 is 327. The zero-order valence-corrected chi connectivity index (χ0v) is 86.1. The van der Waals surface area contributed by atoms with Crippen LogP contribution in [0.1, 0.15) is 238 Å². The lowest BCUT2D eigenvalue weighted by Crippen LogP contribution is -2.31. The van der Waals surface area contributed by atoms with Crippen molar-refractivity contribution in [2.24, 2.45) is 28.2 Å². The minimum absolute atomic E-state index is 0.00114. The molecular formula is C100H144N24O16S4. The minimum atomic E-state index is -4.40. The first-order chi connectivity index (χ1) is 77.6. The molecule has 4 aliphatic heterocycles. The van der Waals surface area contributed by atoms with Crippen LogP contribution in [0.4, 0.5) is 0 Å². The molecule has 8 N–H and O–H groups in total. The summed E-state index contributed by atoms with van der Waals surface area (Å²) in [5.74, 6) is 0.647. The number of aromatic amines is 4. The van der Waals surface area contributed by atoms with Gasteiger partial charge in [-0.15, -0.1) is 0 Å². The largest absolute Gasteiger partial charge is 0.493 e. The Morgan fingerprint density at radius 1 is 0.354 bits per heavy atom. The van der Waals surface area contributed by atoms with Gasteiger partial charge in [-0.05, 0) is 255 Å². The van der Waals surface area contributed by atoms with E-state index in [-0.39, 0.29) is 213 Å². The summed E-state index contributed by atoms with van der Waals surface area (Å²) >= 11 is 0. The number of fused-ring (bicyclic) bond motifs is 4. The standard InChI is InChI=1S/4C25H36N6O4S/c4*1-5-8-20-22-23(31(4)29-20)25(32)28-24(27-22)19-16-18(10-11-21(19)35-15-6-2)36(33,34)26-13-12-17-9-7-14-30(17)3/h4*10-11,16-17,26H,5-9,12-15H2,1-4H3,(H,27,28,32)/i1D3,8D2,13D2;1D3,8D2,13D;1D3,13D2;1D3,8D2. The van der Waals surface area contributed by atoms with Crippen molar-refractivity contribution in [1.29, 1.82) is 0 Å². The summed E-state index contributed by atoms with van der Waals surface area (Å²) in [4.78, 5) is 88.6. The molecule has 144 heavy (non-hydrogen) atoms. The number of rotatable bonds is 44. The van der Waals surface area contributed by atoms with Crippen LogP contribution >= 0.6 is 0 Å². The molecule has 12 heterocycles. The summed E-state index contributed by atoms with van der Waals surface area (Å²) in [5, 5.41) is 16.6. The van der Waals surface area contributed by atoms with Crippen LogP contribution in [0.15, 0.2) is 112 Å². The maximum Gasteiger partial charge on any atom is 0.277 e. The van der Waals surface area contributed by atoms with E-state index in [0.29, 0.717) is 63.5 Å². The van der Waals surface area contributed by atoms with Crippen molar-refractivity contribution in [3.8, 4) is 68.5 Å². The Hall–Kier alpha value is -11.0. The molecule has 8 aromatic heterocycles. The molecule has 5 atom stereocenters. The Morgan fingerprint density at radius 2 is 0.625 bits per heavy atom.